The van der Waals surface area contributed by atoms with Crippen molar-refractivity contribution in [3.8, 4) is 0 Å². The van der Waals surface area contributed by atoms with Gasteiger partial charge in [-0.25, -0.2) is 0 Å². The molecule has 0 saturated carbocycles. The Morgan fingerprint density at radius 2 is 2.50 bits per heavy atom. The van der Waals surface area contributed by atoms with E-state index in [1.54, 1.807) is 6.26 Å². The van der Waals surface area contributed by atoms with E-state index in [1.807, 2.05) is 6.07 Å². The molecule has 0 fully saturated rings. The summed E-state index contributed by atoms with van der Waals surface area (Å²) in [6, 6.07) is 1.84. The van der Waals surface area contributed by atoms with E-state index in [2.05, 4.69) is 15.9 Å². The van der Waals surface area contributed by atoms with Gasteiger partial charge in [-0.1, -0.05) is 0 Å². The fraction of sp³-hybridized carbons (Fsp3) is 0.200. The number of hydrogen-bond acceptors (Lipinski definition) is 1. The topological polar surface area (TPSA) is 13.1 Å². The van der Waals surface area contributed by atoms with Crippen molar-refractivity contribution in [1.82, 2.24) is 0 Å². The normalized spacial score (nSPS) is 9.75. The quantitative estimate of drug-likeness (QED) is 0.628. The molecule has 0 radical (unpaired) electrons. The summed E-state index contributed by atoms with van der Waals surface area (Å²) in [6.45, 7) is 0. The van der Waals surface area contributed by atoms with Crippen LogP contribution < -0.4 is 0 Å². The van der Waals surface area contributed by atoms with Gasteiger partial charge in [-0.2, -0.15) is 0 Å². The van der Waals surface area contributed by atoms with Gasteiger partial charge in [0.15, 0.2) is 4.67 Å². The smallest absolute Gasteiger partial charge is 0.169 e. The minimum Gasteiger partial charge on any atom is -0.457 e. The fourth-order valence-corrected chi connectivity index (χ4v) is 0.943. The van der Waals surface area contributed by atoms with Crippen LogP contribution in [0.3, 0.4) is 0 Å². The molecular formula is C5H4BrClO. The van der Waals surface area contributed by atoms with Gasteiger partial charge in [0.05, 0.1) is 12.1 Å². The second-order valence-corrected chi connectivity index (χ2v) is 2.44. The third-order valence-corrected chi connectivity index (χ3v) is 1.50. The van der Waals surface area contributed by atoms with Gasteiger partial charge in [0.2, 0.25) is 0 Å². The number of halogens is 2. The lowest BCUT2D eigenvalue weighted by molar-refractivity contribution is 0.539. The molecule has 8 heavy (non-hydrogen) atoms. The molecule has 1 aromatic heterocycles. The van der Waals surface area contributed by atoms with Crippen LogP contribution in [0.15, 0.2) is 21.4 Å². The minimum absolute atomic E-state index is 0.509. The van der Waals surface area contributed by atoms with E-state index < -0.39 is 0 Å². The van der Waals surface area contributed by atoms with Crippen molar-refractivity contribution >= 4 is 27.5 Å². The summed E-state index contributed by atoms with van der Waals surface area (Å²) in [7, 11) is 0. The molecule has 0 amide bonds. The van der Waals surface area contributed by atoms with Crippen LogP contribution in [0.2, 0.25) is 0 Å². The molecule has 0 aromatic carbocycles. The van der Waals surface area contributed by atoms with Gasteiger partial charge in [-0.3, -0.25) is 0 Å². The zero-order valence-corrected chi connectivity index (χ0v) is 6.37. The Bertz CT molecular complexity index is 173. The first-order chi connectivity index (χ1) is 3.83. The zero-order valence-electron chi connectivity index (χ0n) is 4.03. The molecule has 1 heterocycles. The minimum atomic E-state index is 0.509. The Morgan fingerprint density at radius 3 is 2.75 bits per heavy atom. The summed E-state index contributed by atoms with van der Waals surface area (Å²) < 4.78 is 5.62. The van der Waals surface area contributed by atoms with Crippen molar-refractivity contribution < 1.29 is 4.42 Å². The van der Waals surface area contributed by atoms with E-state index in [9.17, 15) is 0 Å². The first-order valence-corrected chi connectivity index (χ1v) is 3.44. The lowest BCUT2D eigenvalue weighted by Gasteiger charge is -1.74. The standard InChI is InChI=1S/C5H4BrClO/c6-5-1-4(2-7)3-8-5/h1,3H,2H2. The lowest BCUT2D eigenvalue weighted by Crippen LogP contribution is -1.63. The van der Waals surface area contributed by atoms with Crippen molar-refractivity contribution in [3.05, 3.63) is 22.6 Å². The Hall–Kier alpha value is 0.0500. The first kappa shape index (κ1) is 6.17. The molecule has 0 N–H and O–H groups in total. The lowest BCUT2D eigenvalue weighted by atomic mass is 10.4. The third-order valence-electron chi connectivity index (χ3n) is 0.776. The Balaban J connectivity index is 2.84. The molecule has 1 rings (SSSR count). The summed E-state index contributed by atoms with van der Waals surface area (Å²) in [6.07, 6.45) is 1.62. The Labute approximate surface area is 60.8 Å². The van der Waals surface area contributed by atoms with Crippen LogP contribution in [-0.4, -0.2) is 0 Å². The van der Waals surface area contributed by atoms with Gasteiger partial charge >= 0.3 is 0 Å². The molecule has 3 heteroatoms. The maximum absolute atomic E-state index is 5.46. The number of rotatable bonds is 1. The van der Waals surface area contributed by atoms with Crippen LogP contribution in [0.1, 0.15) is 5.56 Å². The number of furan rings is 1. The van der Waals surface area contributed by atoms with E-state index in [4.69, 9.17) is 16.0 Å². The molecule has 0 bridgehead atoms. The highest BCUT2D eigenvalue weighted by molar-refractivity contribution is 9.10. The molecule has 44 valence electrons. The average Bonchev–Trinajstić information content (AvgIpc) is 2.14. The molecule has 0 aliphatic rings. The molecular weight excluding hydrogens is 191 g/mol. The van der Waals surface area contributed by atoms with Crippen LogP contribution in [0.4, 0.5) is 0 Å². The highest BCUT2D eigenvalue weighted by Gasteiger charge is 1.93. The maximum Gasteiger partial charge on any atom is 0.169 e. The van der Waals surface area contributed by atoms with Crippen molar-refractivity contribution in [3.63, 3.8) is 0 Å². The summed E-state index contributed by atoms with van der Waals surface area (Å²) in [4.78, 5) is 0. The van der Waals surface area contributed by atoms with Crippen LogP contribution in [0.25, 0.3) is 0 Å². The van der Waals surface area contributed by atoms with E-state index >= 15 is 0 Å². The average molecular weight is 195 g/mol. The largest absolute Gasteiger partial charge is 0.457 e. The predicted molar refractivity (Wildman–Crippen MR) is 36.0 cm³/mol. The molecule has 1 nitrogen and oxygen atoms in total. The Kier molecular flexibility index (Phi) is 1.97. The molecule has 0 saturated heterocycles. The van der Waals surface area contributed by atoms with Crippen molar-refractivity contribution in [1.29, 1.82) is 0 Å². The van der Waals surface area contributed by atoms with Gasteiger partial charge < -0.3 is 4.42 Å². The Morgan fingerprint density at radius 1 is 1.75 bits per heavy atom. The number of alkyl halides is 1. The second kappa shape index (κ2) is 2.55. The van der Waals surface area contributed by atoms with E-state index in [1.165, 1.54) is 0 Å². The summed E-state index contributed by atoms with van der Waals surface area (Å²) in [5, 5.41) is 0. The van der Waals surface area contributed by atoms with Gasteiger partial charge in [-0.05, 0) is 22.0 Å². The van der Waals surface area contributed by atoms with Crippen molar-refractivity contribution in [2.24, 2.45) is 0 Å². The van der Waals surface area contributed by atoms with Gasteiger partial charge in [0, 0.05) is 5.56 Å². The van der Waals surface area contributed by atoms with Gasteiger partial charge in [-0.15, -0.1) is 11.6 Å². The first-order valence-electron chi connectivity index (χ1n) is 2.12. The molecule has 0 unspecified atom stereocenters. The summed E-state index contributed by atoms with van der Waals surface area (Å²) in [5.74, 6) is 0.509. The van der Waals surface area contributed by atoms with Crippen molar-refractivity contribution in [2.45, 2.75) is 5.88 Å². The third kappa shape index (κ3) is 1.26. The van der Waals surface area contributed by atoms with Crippen LogP contribution in [0.5, 0.6) is 0 Å². The van der Waals surface area contributed by atoms with Crippen LogP contribution in [-0.2, 0) is 5.88 Å². The zero-order chi connectivity index (χ0) is 5.98. The monoisotopic (exact) mass is 194 g/mol. The molecule has 0 aliphatic heterocycles. The predicted octanol–water partition coefficient (Wildman–Crippen LogP) is 2.78. The fourth-order valence-electron chi connectivity index (χ4n) is 0.416. The van der Waals surface area contributed by atoms with E-state index in [0.717, 1.165) is 10.2 Å². The van der Waals surface area contributed by atoms with Gasteiger partial charge in [0.25, 0.3) is 0 Å². The van der Waals surface area contributed by atoms with Gasteiger partial charge in [0.1, 0.15) is 0 Å². The molecule has 0 spiro atoms. The second-order valence-electron chi connectivity index (χ2n) is 1.39. The van der Waals surface area contributed by atoms with Crippen LogP contribution >= 0.6 is 27.5 Å². The SMILES string of the molecule is ClCc1coc(Br)c1. The molecule has 1 aromatic rings. The van der Waals surface area contributed by atoms with E-state index in [0.29, 0.717) is 5.88 Å². The number of hydrogen-bond donors (Lipinski definition) is 0. The highest BCUT2D eigenvalue weighted by atomic mass is 79.9. The molecule has 0 aliphatic carbocycles. The maximum atomic E-state index is 5.46. The summed E-state index contributed by atoms with van der Waals surface area (Å²) >= 11 is 8.61. The molecule has 0 atom stereocenters. The van der Waals surface area contributed by atoms with E-state index in [-0.39, 0.29) is 0 Å². The highest BCUT2D eigenvalue weighted by Crippen LogP contribution is 2.14. The van der Waals surface area contributed by atoms with Crippen LogP contribution in [0, 0.1) is 0 Å². The summed E-state index contributed by atoms with van der Waals surface area (Å²) in [5.41, 5.74) is 0.999. The van der Waals surface area contributed by atoms with Crippen molar-refractivity contribution in [2.75, 3.05) is 0 Å².